The molecular formula is C28H29N3O4. The van der Waals surface area contributed by atoms with E-state index in [4.69, 9.17) is 4.74 Å². The summed E-state index contributed by atoms with van der Waals surface area (Å²) in [6.07, 6.45) is 5.17. The van der Waals surface area contributed by atoms with Crippen molar-refractivity contribution in [2.24, 2.45) is 0 Å². The van der Waals surface area contributed by atoms with Crippen molar-refractivity contribution in [2.45, 2.75) is 64.0 Å². The van der Waals surface area contributed by atoms with Crippen LogP contribution in [0.25, 0.3) is 10.9 Å². The lowest BCUT2D eigenvalue weighted by atomic mass is 10.1. The number of rotatable bonds is 8. The molecule has 7 heteroatoms. The maximum Gasteiger partial charge on any atom is 0.306 e. The first kappa shape index (κ1) is 24.2. The molecule has 2 amide bonds. The topological polar surface area (TPSA) is 90.3 Å². The number of para-hydroxylation sites is 1. The van der Waals surface area contributed by atoms with Crippen molar-refractivity contribution in [3.8, 4) is 11.8 Å². The highest BCUT2D eigenvalue weighted by atomic mass is 16.5. The standard InChI is InChI=1S/C28H29N3O4/c32-26-18-11-17-25(28(34)29-26)31-24-16-10-9-14-22(24)23(30-31)15-7-2-1-3-8-19-27(33)35-20-21-12-5-4-6-13-21/h4-6,9-10,12-14,16,25H,1-3,8,11,17-20H2,(H,29,32,34). The third-order valence-corrected chi connectivity index (χ3v) is 5.99. The molecule has 1 fully saturated rings. The van der Waals surface area contributed by atoms with E-state index in [0.717, 1.165) is 35.7 Å². The van der Waals surface area contributed by atoms with E-state index in [-0.39, 0.29) is 17.8 Å². The Labute approximate surface area is 204 Å². The van der Waals surface area contributed by atoms with Gasteiger partial charge in [0, 0.05) is 24.6 Å². The normalized spacial score (nSPS) is 15.7. The molecular weight excluding hydrogens is 442 g/mol. The van der Waals surface area contributed by atoms with Crippen molar-refractivity contribution in [3.05, 3.63) is 65.9 Å². The van der Waals surface area contributed by atoms with Crippen LogP contribution in [0.3, 0.4) is 0 Å². The Morgan fingerprint density at radius 1 is 1.06 bits per heavy atom. The van der Waals surface area contributed by atoms with E-state index in [1.165, 1.54) is 0 Å². The summed E-state index contributed by atoms with van der Waals surface area (Å²) in [7, 11) is 0. The first-order chi connectivity index (χ1) is 17.1. The van der Waals surface area contributed by atoms with Crippen molar-refractivity contribution in [3.63, 3.8) is 0 Å². The molecule has 4 rings (SSSR count). The summed E-state index contributed by atoms with van der Waals surface area (Å²) in [6.45, 7) is 0.310. The summed E-state index contributed by atoms with van der Waals surface area (Å²) >= 11 is 0. The number of benzene rings is 2. The van der Waals surface area contributed by atoms with E-state index in [2.05, 4.69) is 22.3 Å². The molecule has 1 aromatic heterocycles. The van der Waals surface area contributed by atoms with Crippen molar-refractivity contribution in [1.82, 2.24) is 15.1 Å². The number of carbonyl (C=O) groups is 3. The fourth-order valence-corrected chi connectivity index (χ4v) is 4.14. The third kappa shape index (κ3) is 6.57. The zero-order valence-corrected chi connectivity index (χ0v) is 19.7. The van der Waals surface area contributed by atoms with Crippen LogP contribution in [0.2, 0.25) is 0 Å². The molecule has 7 nitrogen and oxygen atoms in total. The van der Waals surface area contributed by atoms with Crippen LogP contribution in [0, 0.1) is 11.8 Å². The third-order valence-electron chi connectivity index (χ3n) is 5.99. The molecule has 35 heavy (non-hydrogen) atoms. The molecule has 0 aliphatic carbocycles. The maximum absolute atomic E-state index is 12.5. The van der Waals surface area contributed by atoms with Crippen LogP contribution in [-0.2, 0) is 25.7 Å². The van der Waals surface area contributed by atoms with Gasteiger partial charge in [-0.05, 0) is 49.3 Å². The van der Waals surface area contributed by atoms with Gasteiger partial charge in [0.2, 0.25) is 5.91 Å². The number of hydrogen-bond donors (Lipinski definition) is 1. The minimum atomic E-state index is -0.524. The number of fused-ring (bicyclic) bond motifs is 1. The number of unbranched alkanes of at least 4 members (excludes halogenated alkanes) is 3. The lowest BCUT2D eigenvalue weighted by Crippen LogP contribution is -2.34. The quantitative estimate of drug-likeness (QED) is 0.227. The van der Waals surface area contributed by atoms with Crippen molar-refractivity contribution < 1.29 is 19.1 Å². The van der Waals surface area contributed by atoms with Crippen molar-refractivity contribution in [1.29, 1.82) is 0 Å². The molecule has 1 saturated heterocycles. The maximum atomic E-state index is 12.5. The molecule has 0 radical (unpaired) electrons. The molecule has 0 bridgehead atoms. The van der Waals surface area contributed by atoms with Crippen LogP contribution < -0.4 is 5.32 Å². The van der Waals surface area contributed by atoms with Crippen LogP contribution in [0.4, 0.5) is 0 Å². The second-order valence-corrected chi connectivity index (χ2v) is 8.64. The predicted molar refractivity (Wildman–Crippen MR) is 132 cm³/mol. The smallest absolute Gasteiger partial charge is 0.306 e. The van der Waals surface area contributed by atoms with Crippen LogP contribution >= 0.6 is 0 Å². The van der Waals surface area contributed by atoms with Gasteiger partial charge in [0.25, 0.3) is 5.91 Å². The Morgan fingerprint density at radius 2 is 1.86 bits per heavy atom. The van der Waals surface area contributed by atoms with E-state index in [9.17, 15) is 14.4 Å². The number of esters is 1. The van der Waals surface area contributed by atoms with Gasteiger partial charge in [-0.3, -0.25) is 24.4 Å². The summed E-state index contributed by atoms with van der Waals surface area (Å²) in [5, 5.41) is 7.99. The SMILES string of the molecule is O=C1CCCC(n2nc(C#CCCCCCC(=O)OCc3ccccc3)c3ccccc32)C(=O)N1. The van der Waals surface area contributed by atoms with Crippen LogP contribution in [0.15, 0.2) is 54.6 Å². The number of nitrogens with zero attached hydrogens (tertiary/aromatic N) is 2. The minimum Gasteiger partial charge on any atom is -0.461 e. The second-order valence-electron chi connectivity index (χ2n) is 8.64. The highest BCUT2D eigenvalue weighted by Crippen LogP contribution is 2.26. The lowest BCUT2D eigenvalue weighted by Gasteiger charge is -2.14. The van der Waals surface area contributed by atoms with Gasteiger partial charge >= 0.3 is 5.97 Å². The number of carbonyl (C=O) groups excluding carboxylic acids is 3. The Hall–Kier alpha value is -3.92. The molecule has 2 aromatic carbocycles. The Balaban J connectivity index is 1.28. The van der Waals surface area contributed by atoms with Gasteiger partial charge in [-0.2, -0.15) is 5.10 Å². The number of amides is 2. The summed E-state index contributed by atoms with van der Waals surface area (Å²) in [5.41, 5.74) is 2.45. The van der Waals surface area contributed by atoms with Crippen molar-refractivity contribution in [2.75, 3.05) is 0 Å². The molecule has 1 aliphatic heterocycles. The Bertz CT molecular complexity index is 1250. The molecule has 0 saturated carbocycles. The summed E-state index contributed by atoms with van der Waals surface area (Å²) in [5.74, 6) is 5.60. The van der Waals surface area contributed by atoms with Crippen LogP contribution in [0.1, 0.15) is 68.7 Å². The Morgan fingerprint density at radius 3 is 2.71 bits per heavy atom. The fraction of sp³-hybridized carbons (Fsp3) is 0.357. The largest absolute Gasteiger partial charge is 0.461 e. The van der Waals surface area contributed by atoms with Gasteiger partial charge in [-0.15, -0.1) is 0 Å². The second kappa shape index (κ2) is 12.0. The number of imide groups is 1. The summed E-state index contributed by atoms with van der Waals surface area (Å²) in [4.78, 5) is 36.1. The lowest BCUT2D eigenvalue weighted by molar-refractivity contribution is -0.145. The zero-order chi connectivity index (χ0) is 24.5. The number of hydrogen-bond acceptors (Lipinski definition) is 5. The van der Waals surface area contributed by atoms with E-state index >= 15 is 0 Å². The van der Waals surface area contributed by atoms with Gasteiger partial charge in [0.1, 0.15) is 18.3 Å². The molecule has 1 aliphatic rings. The van der Waals surface area contributed by atoms with Gasteiger partial charge in [-0.25, -0.2) is 0 Å². The van der Waals surface area contributed by atoms with Crippen LogP contribution in [-0.4, -0.2) is 27.6 Å². The van der Waals surface area contributed by atoms with E-state index in [0.29, 0.717) is 44.4 Å². The monoisotopic (exact) mass is 471 g/mol. The van der Waals surface area contributed by atoms with Gasteiger partial charge in [-0.1, -0.05) is 54.8 Å². The molecule has 180 valence electrons. The molecule has 1 atom stereocenters. The highest BCUT2D eigenvalue weighted by Gasteiger charge is 2.28. The van der Waals surface area contributed by atoms with Gasteiger partial charge < -0.3 is 4.74 Å². The highest BCUT2D eigenvalue weighted by molar-refractivity contribution is 5.98. The molecule has 3 aromatic rings. The first-order valence-corrected chi connectivity index (χ1v) is 12.1. The fourth-order valence-electron chi connectivity index (χ4n) is 4.14. The Kier molecular flexibility index (Phi) is 8.29. The van der Waals surface area contributed by atoms with E-state index in [1.807, 2.05) is 54.6 Å². The van der Waals surface area contributed by atoms with E-state index < -0.39 is 6.04 Å². The first-order valence-electron chi connectivity index (χ1n) is 12.1. The van der Waals surface area contributed by atoms with Crippen molar-refractivity contribution >= 4 is 28.7 Å². The number of nitrogens with one attached hydrogen (secondary N) is 1. The van der Waals surface area contributed by atoms with Gasteiger partial charge in [0.05, 0.1) is 5.52 Å². The molecule has 1 unspecified atom stereocenters. The molecule has 1 N–H and O–H groups in total. The van der Waals surface area contributed by atoms with Gasteiger partial charge in [0.15, 0.2) is 0 Å². The minimum absolute atomic E-state index is 0.179. The summed E-state index contributed by atoms with van der Waals surface area (Å²) in [6, 6.07) is 16.8. The summed E-state index contributed by atoms with van der Waals surface area (Å²) < 4.78 is 7.01. The number of aromatic nitrogens is 2. The average molecular weight is 472 g/mol. The van der Waals surface area contributed by atoms with E-state index in [1.54, 1.807) is 4.68 Å². The molecule has 2 heterocycles. The molecule has 0 spiro atoms. The number of ether oxygens (including phenoxy) is 1. The zero-order valence-electron chi connectivity index (χ0n) is 19.7. The van der Waals surface area contributed by atoms with Crippen LogP contribution in [0.5, 0.6) is 0 Å². The average Bonchev–Trinajstić information content (AvgIpc) is 3.14. The predicted octanol–water partition coefficient (Wildman–Crippen LogP) is 4.45.